The fourth-order valence-electron chi connectivity index (χ4n) is 1.91. The van der Waals surface area contributed by atoms with Gasteiger partial charge in [-0.2, -0.15) is 0 Å². The number of ether oxygens (including phenoxy) is 1. The maximum atomic E-state index is 12.2. The van der Waals surface area contributed by atoms with Crippen LogP contribution in [0, 0.1) is 0 Å². The normalized spacial score (nSPS) is 10.4. The van der Waals surface area contributed by atoms with Gasteiger partial charge in [-0.3, -0.25) is 9.52 Å². The van der Waals surface area contributed by atoms with Crippen LogP contribution in [0.15, 0.2) is 59.6 Å². The summed E-state index contributed by atoms with van der Waals surface area (Å²) in [7, 11) is 1.53. The Morgan fingerprint density at radius 2 is 2.00 bits per heavy atom. The molecule has 1 aromatic carbocycles. The first-order chi connectivity index (χ1) is 11.7. The van der Waals surface area contributed by atoms with Gasteiger partial charge in [-0.05, 0) is 36.2 Å². The van der Waals surface area contributed by atoms with E-state index in [0.717, 1.165) is 4.90 Å². The highest BCUT2D eigenvalue weighted by Gasteiger charge is 2.13. The number of pyridine rings is 1. The van der Waals surface area contributed by atoms with Crippen molar-refractivity contribution in [3.8, 4) is 11.7 Å². The molecule has 0 aliphatic rings. The van der Waals surface area contributed by atoms with E-state index in [2.05, 4.69) is 14.8 Å². The van der Waals surface area contributed by atoms with Crippen molar-refractivity contribution in [2.45, 2.75) is 4.90 Å². The van der Waals surface area contributed by atoms with Gasteiger partial charge in [-0.1, -0.05) is 29.8 Å². The zero-order valence-corrected chi connectivity index (χ0v) is 14.2. The Balaban J connectivity index is 1.73. The molecule has 0 fully saturated rings. The third-order valence-corrected chi connectivity index (χ3v) is 4.18. The number of nitrogens with one attached hydrogen (secondary N) is 1. The quantitative estimate of drug-likeness (QED) is 0.558. The Morgan fingerprint density at radius 3 is 2.67 bits per heavy atom. The molecule has 2 aromatic heterocycles. The number of hydrogen-bond donors (Lipinski definition) is 1. The number of rotatable bonds is 5. The Hall–Kier alpha value is -2.51. The van der Waals surface area contributed by atoms with Crippen LogP contribution in [0.3, 0.4) is 0 Å². The lowest BCUT2D eigenvalue weighted by Crippen LogP contribution is -2.17. The van der Waals surface area contributed by atoms with E-state index in [0.29, 0.717) is 17.3 Å². The van der Waals surface area contributed by atoms with Gasteiger partial charge in [0.1, 0.15) is 5.15 Å². The molecule has 0 atom stereocenters. The van der Waals surface area contributed by atoms with Crippen molar-refractivity contribution in [2.75, 3.05) is 7.11 Å². The molecule has 1 amide bonds. The summed E-state index contributed by atoms with van der Waals surface area (Å²) in [6, 6.07) is 14.5. The van der Waals surface area contributed by atoms with Crippen molar-refractivity contribution >= 4 is 29.5 Å². The summed E-state index contributed by atoms with van der Waals surface area (Å²) < 4.78 is 9.28. The van der Waals surface area contributed by atoms with E-state index in [1.807, 2.05) is 30.3 Å². The average Bonchev–Trinajstić information content (AvgIpc) is 3.09. The van der Waals surface area contributed by atoms with Crippen molar-refractivity contribution in [1.29, 1.82) is 0 Å². The molecule has 0 saturated carbocycles. The van der Waals surface area contributed by atoms with Crippen LogP contribution in [0.25, 0.3) is 5.82 Å². The molecule has 3 rings (SSSR count). The topological polar surface area (TPSA) is 69.0 Å². The van der Waals surface area contributed by atoms with Gasteiger partial charge in [0.15, 0.2) is 5.82 Å². The van der Waals surface area contributed by atoms with E-state index in [9.17, 15) is 4.79 Å². The van der Waals surface area contributed by atoms with Crippen molar-refractivity contribution in [1.82, 2.24) is 19.5 Å². The summed E-state index contributed by atoms with van der Waals surface area (Å²) in [5, 5.41) is 4.26. The van der Waals surface area contributed by atoms with Gasteiger partial charge in [0.25, 0.3) is 5.91 Å². The SMILES string of the molecule is COc1ccn(-c2ccc(C(=O)NSc3ccccc3)c(Cl)n2)n1. The van der Waals surface area contributed by atoms with E-state index >= 15 is 0 Å². The highest BCUT2D eigenvalue weighted by Crippen LogP contribution is 2.19. The lowest BCUT2D eigenvalue weighted by atomic mass is 10.3. The molecule has 0 aliphatic carbocycles. The number of methoxy groups -OCH3 is 1. The summed E-state index contributed by atoms with van der Waals surface area (Å²) in [6.45, 7) is 0. The molecule has 0 saturated heterocycles. The third kappa shape index (κ3) is 3.69. The minimum atomic E-state index is -0.314. The van der Waals surface area contributed by atoms with Crippen LogP contribution in [-0.2, 0) is 0 Å². The Labute approximate surface area is 147 Å². The number of hydrogen-bond acceptors (Lipinski definition) is 5. The van der Waals surface area contributed by atoms with Crippen molar-refractivity contribution in [3.05, 3.63) is 65.4 Å². The molecule has 8 heteroatoms. The molecule has 0 aliphatic heterocycles. The number of carbonyl (C=O) groups excluding carboxylic acids is 1. The molecule has 24 heavy (non-hydrogen) atoms. The lowest BCUT2D eigenvalue weighted by molar-refractivity contribution is 0.0984. The molecule has 122 valence electrons. The maximum absolute atomic E-state index is 12.2. The monoisotopic (exact) mass is 360 g/mol. The summed E-state index contributed by atoms with van der Waals surface area (Å²) in [5.41, 5.74) is 0.294. The molecular formula is C16H13ClN4O2S. The first-order valence-corrected chi connectivity index (χ1v) is 8.15. The largest absolute Gasteiger partial charge is 0.480 e. The van der Waals surface area contributed by atoms with Crippen LogP contribution >= 0.6 is 23.5 Å². The van der Waals surface area contributed by atoms with E-state index in [4.69, 9.17) is 16.3 Å². The van der Waals surface area contributed by atoms with Crippen LogP contribution in [0.1, 0.15) is 10.4 Å². The summed E-state index contributed by atoms with van der Waals surface area (Å²) >= 11 is 7.36. The van der Waals surface area contributed by atoms with E-state index < -0.39 is 0 Å². The number of aromatic nitrogens is 3. The fourth-order valence-corrected chi connectivity index (χ4v) is 2.76. The first kappa shape index (κ1) is 16.4. The lowest BCUT2D eigenvalue weighted by Gasteiger charge is -2.07. The summed E-state index contributed by atoms with van der Waals surface area (Å²) in [5.74, 6) is 0.649. The standard InChI is InChI=1S/C16H13ClN4O2S/c1-23-14-9-10-21(19-14)13-8-7-12(15(17)18-13)16(22)20-24-11-5-3-2-4-6-11/h2-10H,1H3,(H,20,22). The predicted molar refractivity (Wildman–Crippen MR) is 92.7 cm³/mol. The van der Waals surface area contributed by atoms with Crippen molar-refractivity contribution in [2.24, 2.45) is 0 Å². The van der Waals surface area contributed by atoms with Gasteiger partial charge in [0.05, 0.1) is 12.7 Å². The maximum Gasteiger partial charge on any atom is 0.264 e. The van der Waals surface area contributed by atoms with Crippen LogP contribution < -0.4 is 9.46 Å². The highest BCUT2D eigenvalue weighted by atomic mass is 35.5. The highest BCUT2D eigenvalue weighted by molar-refractivity contribution is 7.98. The van der Waals surface area contributed by atoms with Crippen molar-refractivity contribution < 1.29 is 9.53 Å². The molecular weight excluding hydrogens is 348 g/mol. The fraction of sp³-hybridized carbons (Fsp3) is 0.0625. The minimum absolute atomic E-state index is 0.105. The smallest absolute Gasteiger partial charge is 0.264 e. The Morgan fingerprint density at radius 1 is 1.21 bits per heavy atom. The minimum Gasteiger partial charge on any atom is -0.480 e. The van der Waals surface area contributed by atoms with Gasteiger partial charge < -0.3 is 4.74 Å². The Kier molecular flexibility index (Phi) is 5.02. The zero-order chi connectivity index (χ0) is 16.9. The molecule has 1 N–H and O–H groups in total. The van der Waals surface area contributed by atoms with Gasteiger partial charge >= 0.3 is 0 Å². The molecule has 3 aromatic rings. The second-order valence-corrected chi connectivity index (χ2v) is 5.89. The van der Waals surface area contributed by atoms with Gasteiger partial charge in [-0.15, -0.1) is 5.10 Å². The summed E-state index contributed by atoms with van der Waals surface area (Å²) in [4.78, 5) is 17.4. The molecule has 2 heterocycles. The first-order valence-electron chi connectivity index (χ1n) is 6.96. The molecule has 0 spiro atoms. The van der Waals surface area contributed by atoms with Crippen LogP contribution in [0.5, 0.6) is 5.88 Å². The second kappa shape index (κ2) is 7.37. The van der Waals surface area contributed by atoms with Crippen LogP contribution in [0.2, 0.25) is 5.15 Å². The second-order valence-electron chi connectivity index (χ2n) is 4.66. The van der Waals surface area contributed by atoms with E-state index in [1.54, 1.807) is 24.4 Å². The molecule has 0 radical (unpaired) electrons. The molecule has 6 nitrogen and oxygen atoms in total. The van der Waals surface area contributed by atoms with E-state index in [-0.39, 0.29) is 11.1 Å². The van der Waals surface area contributed by atoms with Crippen LogP contribution in [0.4, 0.5) is 0 Å². The summed E-state index contributed by atoms with van der Waals surface area (Å²) in [6.07, 6.45) is 1.70. The Bertz CT molecular complexity index is 854. The number of carbonyl (C=O) groups is 1. The van der Waals surface area contributed by atoms with Gasteiger partial charge in [0.2, 0.25) is 5.88 Å². The van der Waals surface area contributed by atoms with E-state index in [1.165, 1.54) is 23.7 Å². The number of halogens is 1. The number of amides is 1. The molecule has 0 unspecified atom stereocenters. The third-order valence-electron chi connectivity index (χ3n) is 3.09. The number of nitrogens with zero attached hydrogens (tertiary/aromatic N) is 3. The zero-order valence-electron chi connectivity index (χ0n) is 12.6. The van der Waals surface area contributed by atoms with Crippen molar-refractivity contribution in [3.63, 3.8) is 0 Å². The predicted octanol–water partition coefficient (Wildman–Crippen LogP) is 3.37. The van der Waals surface area contributed by atoms with Crippen LogP contribution in [-0.4, -0.2) is 27.8 Å². The average molecular weight is 361 g/mol. The van der Waals surface area contributed by atoms with Gasteiger partial charge in [-0.25, -0.2) is 9.67 Å². The molecule has 0 bridgehead atoms. The number of benzene rings is 1. The van der Waals surface area contributed by atoms with Gasteiger partial charge in [0, 0.05) is 17.2 Å².